The molecule has 0 aliphatic carbocycles. The van der Waals surface area contributed by atoms with Crippen molar-refractivity contribution >= 4 is 39.7 Å². The molecule has 0 unspecified atom stereocenters. The molecule has 1 heterocycles. The molecule has 3 rings (SSSR count). The van der Waals surface area contributed by atoms with Crippen molar-refractivity contribution in [2.24, 2.45) is 0 Å². The fraction of sp³-hybridized carbons (Fsp3) is 0. The van der Waals surface area contributed by atoms with E-state index in [1.807, 2.05) is 6.07 Å². The summed E-state index contributed by atoms with van der Waals surface area (Å²) in [6, 6.07) is 13.0. The smallest absolute Gasteiger partial charge is 0.267 e. The first-order valence-corrected chi connectivity index (χ1v) is 7.42. The first kappa shape index (κ1) is 16.4. The maximum absolute atomic E-state index is 11.8. The predicted molar refractivity (Wildman–Crippen MR) is 94.0 cm³/mol. The molecule has 0 fully saturated rings. The molecule has 3 aromatic rings. The van der Waals surface area contributed by atoms with E-state index in [1.165, 1.54) is 18.2 Å². The van der Waals surface area contributed by atoms with Crippen LogP contribution < -0.4 is 5.56 Å². The Labute approximate surface area is 145 Å². The molecule has 0 spiro atoms. The molecular weight excluding hydrogens is 344 g/mol. The average Bonchev–Trinajstić information content (AvgIpc) is 2.62. The lowest BCUT2D eigenvalue weighted by molar-refractivity contribution is -0.384. The summed E-state index contributed by atoms with van der Waals surface area (Å²) < 4.78 is 0. The van der Waals surface area contributed by atoms with Gasteiger partial charge in [0.15, 0.2) is 0 Å². The number of benzene rings is 2. The van der Waals surface area contributed by atoms with Crippen molar-refractivity contribution in [1.82, 2.24) is 10.2 Å². The third kappa shape index (κ3) is 3.11. The minimum Gasteiger partial charge on any atom is -0.267 e. The van der Waals surface area contributed by atoms with Crippen molar-refractivity contribution in [3.8, 4) is 6.07 Å². The lowest BCUT2D eigenvalue weighted by Gasteiger charge is -2.04. The minimum absolute atomic E-state index is 0.00766. The highest BCUT2D eigenvalue weighted by Crippen LogP contribution is 2.28. The average molecular weight is 353 g/mol. The van der Waals surface area contributed by atoms with Crippen molar-refractivity contribution in [2.45, 2.75) is 0 Å². The molecule has 0 saturated carbocycles. The standard InChI is InChI=1S/C17H9ClN4O3/c18-14-6-5-10(8-15(14)22(24)25)7-11(9-19)16-12-3-1-2-4-13(12)17(23)21-20-16/h1-8H,(H,21,23)/b11-7+. The zero-order valence-corrected chi connectivity index (χ0v) is 13.3. The Balaban J connectivity index is 2.20. The van der Waals surface area contributed by atoms with Crippen LogP contribution in [-0.4, -0.2) is 15.1 Å². The summed E-state index contributed by atoms with van der Waals surface area (Å²) >= 11 is 5.79. The van der Waals surface area contributed by atoms with E-state index >= 15 is 0 Å². The van der Waals surface area contributed by atoms with E-state index in [-0.39, 0.29) is 27.5 Å². The molecule has 8 heteroatoms. The monoisotopic (exact) mass is 352 g/mol. The van der Waals surface area contributed by atoms with Gasteiger partial charge in [0.2, 0.25) is 0 Å². The summed E-state index contributed by atoms with van der Waals surface area (Å²) in [4.78, 5) is 22.2. The molecule has 1 aromatic heterocycles. The van der Waals surface area contributed by atoms with E-state index in [2.05, 4.69) is 10.2 Å². The normalized spacial score (nSPS) is 11.3. The van der Waals surface area contributed by atoms with E-state index in [4.69, 9.17) is 11.6 Å². The molecule has 0 atom stereocenters. The van der Waals surface area contributed by atoms with Crippen molar-refractivity contribution in [2.75, 3.05) is 0 Å². The van der Waals surface area contributed by atoms with Gasteiger partial charge in [-0.2, -0.15) is 10.4 Å². The van der Waals surface area contributed by atoms with Crippen LogP contribution in [0.4, 0.5) is 5.69 Å². The number of hydrogen-bond donors (Lipinski definition) is 1. The predicted octanol–water partition coefficient (Wildman–Crippen LogP) is 3.55. The minimum atomic E-state index is -0.598. The third-order valence-electron chi connectivity index (χ3n) is 3.55. The van der Waals surface area contributed by atoms with Gasteiger partial charge in [-0.15, -0.1) is 0 Å². The number of nitro benzene ring substituents is 1. The van der Waals surface area contributed by atoms with E-state index in [0.29, 0.717) is 16.3 Å². The lowest BCUT2D eigenvalue weighted by atomic mass is 10.0. The third-order valence-corrected chi connectivity index (χ3v) is 3.87. The van der Waals surface area contributed by atoms with Gasteiger partial charge in [-0.05, 0) is 23.8 Å². The van der Waals surface area contributed by atoms with Crippen LogP contribution in [0.1, 0.15) is 11.3 Å². The number of nitro groups is 1. The Morgan fingerprint density at radius 2 is 2.00 bits per heavy atom. The van der Waals surface area contributed by atoms with Crippen LogP contribution >= 0.6 is 11.6 Å². The van der Waals surface area contributed by atoms with Crippen molar-refractivity contribution in [3.05, 3.63) is 79.2 Å². The molecule has 7 nitrogen and oxygen atoms in total. The zero-order valence-electron chi connectivity index (χ0n) is 12.6. The molecule has 0 saturated heterocycles. The van der Waals surface area contributed by atoms with E-state index in [0.717, 1.165) is 0 Å². The molecule has 0 radical (unpaired) electrons. The lowest BCUT2D eigenvalue weighted by Crippen LogP contribution is -2.10. The number of rotatable bonds is 3. The number of halogens is 1. The Morgan fingerprint density at radius 3 is 2.68 bits per heavy atom. The van der Waals surface area contributed by atoms with Crippen molar-refractivity contribution < 1.29 is 4.92 Å². The highest BCUT2D eigenvalue weighted by Gasteiger charge is 2.14. The number of aromatic nitrogens is 2. The second-order valence-electron chi connectivity index (χ2n) is 5.08. The second-order valence-corrected chi connectivity index (χ2v) is 5.49. The SMILES string of the molecule is N#C/C(=C\c1ccc(Cl)c([N+](=O)[O-])c1)c1n[nH]c(=O)c2ccccc12. The Morgan fingerprint density at radius 1 is 1.28 bits per heavy atom. The summed E-state index contributed by atoms with van der Waals surface area (Å²) in [5.74, 6) is 0. The van der Waals surface area contributed by atoms with Crippen LogP contribution in [0.3, 0.4) is 0 Å². The van der Waals surface area contributed by atoms with Gasteiger partial charge in [-0.3, -0.25) is 14.9 Å². The van der Waals surface area contributed by atoms with E-state index in [9.17, 15) is 20.2 Å². The van der Waals surface area contributed by atoms with Gasteiger partial charge >= 0.3 is 0 Å². The number of allylic oxidation sites excluding steroid dienone is 1. The van der Waals surface area contributed by atoms with Crippen LogP contribution in [-0.2, 0) is 0 Å². The highest BCUT2D eigenvalue weighted by atomic mass is 35.5. The summed E-state index contributed by atoms with van der Waals surface area (Å²) in [5.41, 5.74) is 0.245. The number of nitrogens with zero attached hydrogens (tertiary/aromatic N) is 3. The molecule has 0 bridgehead atoms. The molecule has 0 aliphatic heterocycles. The van der Waals surface area contributed by atoms with Gasteiger partial charge in [0.1, 0.15) is 16.8 Å². The molecule has 25 heavy (non-hydrogen) atoms. The number of nitriles is 1. The topological polar surface area (TPSA) is 113 Å². The van der Waals surface area contributed by atoms with E-state index in [1.54, 1.807) is 30.3 Å². The molecule has 1 N–H and O–H groups in total. The van der Waals surface area contributed by atoms with Gasteiger partial charge in [0, 0.05) is 11.5 Å². The summed E-state index contributed by atoms with van der Waals surface area (Å²) in [7, 11) is 0. The first-order chi connectivity index (χ1) is 12.0. The summed E-state index contributed by atoms with van der Waals surface area (Å²) in [6.45, 7) is 0. The van der Waals surface area contributed by atoms with Crippen LogP contribution in [0, 0.1) is 21.4 Å². The van der Waals surface area contributed by atoms with Gasteiger partial charge in [0.25, 0.3) is 11.2 Å². The summed E-state index contributed by atoms with van der Waals surface area (Å²) in [6.07, 6.45) is 1.45. The van der Waals surface area contributed by atoms with Gasteiger partial charge in [-0.25, -0.2) is 5.10 Å². The van der Waals surface area contributed by atoms with Crippen LogP contribution in [0.2, 0.25) is 5.02 Å². The van der Waals surface area contributed by atoms with Crippen LogP contribution in [0.15, 0.2) is 47.3 Å². The molecule has 122 valence electrons. The number of aromatic amines is 1. The second kappa shape index (κ2) is 6.55. The number of nitrogens with one attached hydrogen (secondary N) is 1. The fourth-order valence-electron chi connectivity index (χ4n) is 2.40. The Hall–Kier alpha value is -3.50. The maximum Gasteiger partial charge on any atom is 0.288 e. The molecule has 2 aromatic carbocycles. The first-order valence-electron chi connectivity index (χ1n) is 7.05. The van der Waals surface area contributed by atoms with Gasteiger partial charge in [-0.1, -0.05) is 35.9 Å². The van der Waals surface area contributed by atoms with Crippen molar-refractivity contribution in [1.29, 1.82) is 5.26 Å². The number of hydrogen-bond acceptors (Lipinski definition) is 5. The molecule has 0 amide bonds. The van der Waals surface area contributed by atoms with Crippen LogP contribution in [0.5, 0.6) is 0 Å². The summed E-state index contributed by atoms with van der Waals surface area (Å²) in [5, 5.41) is 27.7. The largest absolute Gasteiger partial charge is 0.288 e. The quantitative estimate of drug-likeness (QED) is 0.440. The van der Waals surface area contributed by atoms with Gasteiger partial charge in [0.05, 0.1) is 15.9 Å². The molecule has 0 aliphatic rings. The van der Waals surface area contributed by atoms with E-state index < -0.39 is 4.92 Å². The highest BCUT2D eigenvalue weighted by molar-refractivity contribution is 6.32. The Bertz CT molecular complexity index is 1130. The number of H-pyrrole nitrogens is 1. The maximum atomic E-state index is 11.8. The fourth-order valence-corrected chi connectivity index (χ4v) is 2.59. The number of fused-ring (bicyclic) bond motifs is 1. The zero-order chi connectivity index (χ0) is 18.0. The van der Waals surface area contributed by atoms with Crippen LogP contribution in [0.25, 0.3) is 22.4 Å². The van der Waals surface area contributed by atoms with Gasteiger partial charge < -0.3 is 0 Å². The molecular formula is C17H9ClN4O3. The van der Waals surface area contributed by atoms with Crippen molar-refractivity contribution in [3.63, 3.8) is 0 Å². The Kier molecular flexibility index (Phi) is 4.29.